The van der Waals surface area contributed by atoms with Crippen molar-refractivity contribution in [3.05, 3.63) is 87.9 Å². The quantitative estimate of drug-likeness (QED) is 0.202. The van der Waals surface area contributed by atoms with E-state index in [1.54, 1.807) is 13.0 Å². The predicted molar refractivity (Wildman–Crippen MR) is 164 cm³/mol. The number of methoxy groups -OCH3 is 1. The van der Waals surface area contributed by atoms with Gasteiger partial charge in [-0.15, -0.1) is 5.10 Å². The minimum absolute atomic E-state index is 0.0240. The van der Waals surface area contributed by atoms with E-state index in [1.807, 2.05) is 0 Å². The number of carbonyl (C=O) groups excluding carboxylic acids is 1. The number of anilines is 1. The Labute approximate surface area is 273 Å². The van der Waals surface area contributed by atoms with Gasteiger partial charge in [0.1, 0.15) is 5.75 Å². The molecule has 2 atom stereocenters. The predicted octanol–water partition coefficient (Wildman–Crippen LogP) is 6.78. The number of carbonyl (C=O) groups is 1. The van der Waals surface area contributed by atoms with Crippen LogP contribution in [0, 0.1) is 5.92 Å². The molecule has 11 nitrogen and oxygen atoms in total. The van der Waals surface area contributed by atoms with Crippen LogP contribution < -0.4 is 15.6 Å². The topological polar surface area (TPSA) is 122 Å². The number of amides is 1. The van der Waals surface area contributed by atoms with Crippen molar-refractivity contribution >= 4 is 23.2 Å². The van der Waals surface area contributed by atoms with Crippen molar-refractivity contribution in [2.75, 3.05) is 12.4 Å². The zero-order valence-corrected chi connectivity index (χ0v) is 26.0. The monoisotopic (exact) mass is 688 g/mol. The Morgan fingerprint density at radius 1 is 1.06 bits per heavy atom. The van der Waals surface area contributed by atoms with E-state index in [-0.39, 0.29) is 50.4 Å². The largest absolute Gasteiger partial charge is 0.495 e. The number of pyridine rings is 2. The molecule has 6 rings (SSSR count). The summed E-state index contributed by atoms with van der Waals surface area (Å²) < 4.78 is 76.4. The number of ether oxygens (including phenoxy) is 1. The number of halogens is 6. The van der Waals surface area contributed by atoms with Crippen molar-refractivity contribution < 1.29 is 31.5 Å². The summed E-state index contributed by atoms with van der Waals surface area (Å²) in [5, 5.41) is 13.6. The molecule has 5 heterocycles. The molecule has 5 aromatic rings. The Kier molecular flexibility index (Phi) is 8.76. The maximum absolute atomic E-state index is 14.0. The van der Waals surface area contributed by atoms with Gasteiger partial charge in [-0.1, -0.05) is 30.2 Å². The van der Waals surface area contributed by atoms with Gasteiger partial charge in [0.05, 0.1) is 54.5 Å². The minimum Gasteiger partial charge on any atom is -0.495 e. The third-order valence-electron chi connectivity index (χ3n) is 8.08. The van der Waals surface area contributed by atoms with Crippen LogP contribution in [0.3, 0.4) is 0 Å². The van der Waals surface area contributed by atoms with Crippen LogP contribution >= 0.6 is 11.6 Å². The first-order chi connectivity index (χ1) is 22.8. The standard InChI is InChI=1S/C31H26ClF5N8O3/c1-16-4-3-5-24(21-10-17(8-9-38-21)28-22(40-29(16)47)13-39-45(28)30(33)34)43-14-25(48-2)20(12-27(43)46)19-11-18(32)6-7-23(19)44-15-26(41-42-44)31(35,36)37/h6-16,24,30H,3-5H2,1-2H3,(H,40,47)/t16-,24+/m1/s1. The third-order valence-corrected chi connectivity index (χ3v) is 8.31. The summed E-state index contributed by atoms with van der Waals surface area (Å²) in [5.41, 5.74) is -0.379. The highest BCUT2D eigenvalue weighted by Gasteiger charge is 2.35. The van der Waals surface area contributed by atoms with Gasteiger partial charge in [-0.2, -0.15) is 27.1 Å². The molecule has 0 fully saturated rings. The molecule has 17 heteroatoms. The van der Waals surface area contributed by atoms with Crippen LogP contribution in [-0.2, 0) is 11.0 Å². The Morgan fingerprint density at radius 3 is 2.56 bits per heavy atom. The molecule has 0 spiro atoms. The van der Waals surface area contributed by atoms with Crippen LogP contribution in [0.5, 0.6) is 5.75 Å². The number of nitrogens with zero attached hydrogens (tertiary/aromatic N) is 7. The van der Waals surface area contributed by atoms with Crippen molar-refractivity contribution in [1.29, 1.82) is 0 Å². The normalized spacial score (nSPS) is 17.0. The van der Waals surface area contributed by atoms with Crippen molar-refractivity contribution in [3.63, 3.8) is 0 Å². The first-order valence-electron chi connectivity index (χ1n) is 14.6. The van der Waals surface area contributed by atoms with Gasteiger partial charge < -0.3 is 14.6 Å². The molecule has 0 radical (unpaired) electrons. The molecular formula is C31H26ClF5N8O3. The lowest BCUT2D eigenvalue weighted by Crippen LogP contribution is -2.27. The van der Waals surface area contributed by atoms with Crippen LogP contribution in [0.1, 0.15) is 50.2 Å². The van der Waals surface area contributed by atoms with Crippen LogP contribution in [0.25, 0.3) is 28.1 Å². The fourth-order valence-corrected chi connectivity index (χ4v) is 5.85. The lowest BCUT2D eigenvalue weighted by Gasteiger charge is -2.24. The number of nitrogens with one attached hydrogen (secondary N) is 1. The van der Waals surface area contributed by atoms with Gasteiger partial charge in [0, 0.05) is 39.9 Å². The lowest BCUT2D eigenvalue weighted by molar-refractivity contribution is -0.141. The summed E-state index contributed by atoms with van der Waals surface area (Å²) in [5.74, 6) is -0.697. The van der Waals surface area contributed by atoms with E-state index < -0.39 is 35.9 Å². The van der Waals surface area contributed by atoms with Crippen molar-refractivity contribution in [1.82, 2.24) is 34.3 Å². The van der Waals surface area contributed by atoms with Gasteiger partial charge in [-0.05, 0) is 43.2 Å². The Balaban J connectivity index is 1.49. The first kappa shape index (κ1) is 32.8. The minimum atomic E-state index is -4.73. The summed E-state index contributed by atoms with van der Waals surface area (Å²) in [4.78, 5) is 31.4. The van der Waals surface area contributed by atoms with Crippen molar-refractivity contribution in [2.45, 2.75) is 45.0 Å². The van der Waals surface area contributed by atoms with Crippen molar-refractivity contribution in [2.24, 2.45) is 5.92 Å². The summed E-state index contributed by atoms with van der Waals surface area (Å²) in [6.07, 6.45) is 1.24. The zero-order chi connectivity index (χ0) is 34.3. The molecule has 1 aliphatic rings. The molecule has 0 aliphatic carbocycles. The molecule has 1 amide bonds. The lowest BCUT2D eigenvalue weighted by atomic mass is 9.96. The van der Waals surface area contributed by atoms with Gasteiger partial charge in [-0.25, -0.2) is 9.36 Å². The highest BCUT2D eigenvalue weighted by atomic mass is 35.5. The van der Waals surface area contributed by atoms with Crippen molar-refractivity contribution in [3.8, 4) is 33.8 Å². The van der Waals surface area contributed by atoms with Crippen LogP contribution in [0.15, 0.2) is 66.0 Å². The van der Waals surface area contributed by atoms with Gasteiger partial charge >= 0.3 is 12.7 Å². The molecule has 48 heavy (non-hydrogen) atoms. The number of alkyl halides is 5. The number of hydrogen-bond donors (Lipinski definition) is 1. The maximum Gasteiger partial charge on any atom is 0.436 e. The van der Waals surface area contributed by atoms with E-state index >= 15 is 0 Å². The van der Waals surface area contributed by atoms with Gasteiger partial charge in [0.2, 0.25) is 5.91 Å². The first-order valence-corrected chi connectivity index (χ1v) is 15.0. The highest BCUT2D eigenvalue weighted by molar-refractivity contribution is 6.31. The number of rotatable bonds is 5. The molecule has 1 aliphatic heterocycles. The van der Waals surface area contributed by atoms with E-state index in [0.717, 1.165) is 17.1 Å². The number of aromatic nitrogens is 7. The van der Waals surface area contributed by atoms with E-state index in [2.05, 4.69) is 25.7 Å². The second-order valence-corrected chi connectivity index (χ2v) is 11.6. The third kappa shape index (κ3) is 6.26. The fraction of sp³-hybridized carbons (Fsp3) is 0.290. The van der Waals surface area contributed by atoms with Gasteiger partial charge in [0.25, 0.3) is 5.56 Å². The van der Waals surface area contributed by atoms with E-state index in [9.17, 15) is 31.5 Å². The summed E-state index contributed by atoms with van der Waals surface area (Å²) >= 11 is 6.29. The molecule has 1 aromatic carbocycles. The van der Waals surface area contributed by atoms with E-state index in [1.165, 1.54) is 54.4 Å². The number of hydrogen-bond acceptors (Lipinski definition) is 7. The summed E-state index contributed by atoms with van der Waals surface area (Å²) in [6, 6.07) is 7.95. The Bertz CT molecular complexity index is 2060. The van der Waals surface area contributed by atoms with Gasteiger partial charge in [-0.3, -0.25) is 14.6 Å². The highest BCUT2D eigenvalue weighted by Crippen LogP contribution is 2.38. The molecule has 2 bridgehead atoms. The smallest absolute Gasteiger partial charge is 0.436 e. The molecule has 0 saturated carbocycles. The summed E-state index contributed by atoms with van der Waals surface area (Å²) in [7, 11) is 1.36. The van der Waals surface area contributed by atoms with Gasteiger partial charge in [0.15, 0.2) is 5.69 Å². The number of benzene rings is 1. The second kappa shape index (κ2) is 12.8. The average molecular weight is 689 g/mol. The average Bonchev–Trinajstić information content (AvgIpc) is 3.71. The van der Waals surface area contributed by atoms with Crippen LogP contribution in [0.4, 0.5) is 27.6 Å². The SMILES string of the molecule is COc1cn([C@H]2CCC[C@@H](C)C(=O)Nc3cnn(C(F)F)c3-c3ccnc2c3)c(=O)cc1-c1cc(Cl)ccc1-n1cc(C(F)(F)F)nn1. The Morgan fingerprint density at radius 2 is 1.85 bits per heavy atom. The summed E-state index contributed by atoms with van der Waals surface area (Å²) in [6.45, 7) is -1.29. The van der Waals surface area contributed by atoms with E-state index in [4.69, 9.17) is 16.3 Å². The zero-order valence-electron chi connectivity index (χ0n) is 25.2. The van der Waals surface area contributed by atoms with Crippen LogP contribution in [-0.4, -0.2) is 47.3 Å². The molecule has 1 N–H and O–H groups in total. The number of fused-ring (bicyclic) bond motifs is 4. The Hall–Kier alpha value is -5.12. The van der Waals surface area contributed by atoms with E-state index in [0.29, 0.717) is 29.6 Å². The molecule has 4 aromatic heterocycles. The molecular weight excluding hydrogens is 663 g/mol. The van der Waals surface area contributed by atoms with Crippen LogP contribution in [0.2, 0.25) is 5.02 Å². The molecule has 0 unspecified atom stereocenters. The second-order valence-electron chi connectivity index (χ2n) is 11.1. The molecule has 0 saturated heterocycles. The fourth-order valence-electron chi connectivity index (χ4n) is 5.68. The molecule has 250 valence electrons. The maximum atomic E-state index is 14.0.